The van der Waals surface area contributed by atoms with E-state index in [0.29, 0.717) is 35.8 Å². The highest BCUT2D eigenvalue weighted by Gasteiger charge is 2.65. The molecular formula is C55H78N2O10. The van der Waals surface area contributed by atoms with Gasteiger partial charge in [-0.15, -0.1) is 6.58 Å². The second-order valence-corrected chi connectivity index (χ2v) is 18.4. The molecule has 12 nitrogen and oxygen atoms in total. The molecule has 2 aliphatic carbocycles. The van der Waals surface area contributed by atoms with Crippen molar-refractivity contribution < 1.29 is 48.6 Å². The highest BCUT2D eigenvalue weighted by molar-refractivity contribution is 6.03. The number of hydrogen-bond acceptors (Lipinski definition) is 11. The molecule has 3 aromatic rings. The van der Waals surface area contributed by atoms with Crippen LogP contribution in [0, 0.1) is 17.8 Å². The fourth-order valence-electron chi connectivity index (χ4n) is 10.7. The molecule has 0 saturated heterocycles. The van der Waals surface area contributed by atoms with Crippen LogP contribution in [0.4, 0.5) is 4.79 Å². The van der Waals surface area contributed by atoms with Crippen molar-refractivity contribution in [1.82, 2.24) is 4.90 Å². The second kappa shape index (κ2) is 27.5. The molecule has 6 atom stereocenters. The summed E-state index contributed by atoms with van der Waals surface area (Å²) in [6, 6.07) is 19.5. The van der Waals surface area contributed by atoms with Crippen LogP contribution in [0.1, 0.15) is 128 Å². The first-order valence-electron chi connectivity index (χ1n) is 25.3. The first-order valence-corrected chi connectivity index (χ1v) is 25.3. The van der Waals surface area contributed by atoms with E-state index in [9.17, 15) is 20.1 Å². The maximum Gasteiger partial charge on any atom is 0.410 e. The van der Waals surface area contributed by atoms with E-state index >= 15 is 0 Å². The number of aliphatic hydroxyl groups is 3. The number of oxime groups is 1. The molecular weight excluding hydrogens is 849 g/mol. The summed E-state index contributed by atoms with van der Waals surface area (Å²) in [5.74, 6) is 0.00951. The monoisotopic (exact) mass is 927 g/mol. The van der Waals surface area contributed by atoms with Crippen molar-refractivity contribution in [2.75, 3.05) is 59.9 Å². The summed E-state index contributed by atoms with van der Waals surface area (Å²) >= 11 is 0. The Morgan fingerprint density at radius 3 is 2.24 bits per heavy atom. The normalized spacial score (nSPS) is 22.4. The Bertz CT molecular complexity index is 2040. The summed E-state index contributed by atoms with van der Waals surface area (Å²) in [4.78, 5) is 22.0. The second-order valence-electron chi connectivity index (χ2n) is 18.4. The van der Waals surface area contributed by atoms with Gasteiger partial charge in [0.05, 0.1) is 44.7 Å². The minimum absolute atomic E-state index is 0.0523. The van der Waals surface area contributed by atoms with Gasteiger partial charge in [0, 0.05) is 37.7 Å². The lowest BCUT2D eigenvalue weighted by Crippen LogP contribution is -2.70. The third-order valence-corrected chi connectivity index (χ3v) is 13.8. The number of carbonyl (C=O) groups excluding carboxylic acids is 1. The average Bonchev–Trinajstić information content (AvgIpc) is 3.34. The van der Waals surface area contributed by atoms with Gasteiger partial charge >= 0.3 is 6.09 Å². The molecule has 3 aliphatic rings. The zero-order valence-electron chi connectivity index (χ0n) is 40.3. The molecule has 0 aromatic heterocycles. The van der Waals surface area contributed by atoms with E-state index in [4.69, 9.17) is 33.7 Å². The summed E-state index contributed by atoms with van der Waals surface area (Å²) in [6.45, 7) is 7.18. The fraction of sp³-hybridized carbons (Fsp3) is 0.600. The SMILES string of the molecule is C=CCO[C@@]12Oc3ccc(Oc4ccc5ccccc5c4)cc3[C@H]3[C@H](CCCCO)[C@@H](CCCCO)C=C(C(=NOC)C[C@@H]1N(CCOCCO)C(=O)OCCCCCCCCCCCC)[C@H]32. The van der Waals surface area contributed by atoms with Gasteiger partial charge in [0.1, 0.15) is 30.4 Å². The van der Waals surface area contributed by atoms with Crippen molar-refractivity contribution in [3.05, 3.63) is 90.5 Å². The number of benzene rings is 3. The van der Waals surface area contributed by atoms with Crippen LogP contribution >= 0.6 is 0 Å². The predicted molar refractivity (Wildman–Crippen MR) is 264 cm³/mol. The molecule has 1 saturated carbocycles. The van der Waals surface area contributed by atoms with E-state index in [0.717, 1.165) is 66.9 Å². The molecule has 1 aliphatic heterocycles. The number of ether oxygens (including phenoxy) is 5. The predicted octanol–water partition coefficient (Wildman–Crippen LogP) is 11.3. The largest absolute Gasteiger partial charge is 0.459 e. The topological polar surface area (TPSA) is 149 Å². The molecule has 368 valence electrons. The Labute approximate surface area is 399 Å². The van der Waals surface area contributed by atoms with E-state index < -0.39 is 23.8 Å². The molecule has 3 aromatic carbocycles. The highest BCUT2D eigenvalue weighted by Crippen LogP contribution is 2.62. The lowest BCUT2D eigenvalue weighted by atomic mass is 9.55. The van der Waals surface area contributed by atoms with Gasteiger partial charge in [-0.25, -0.2) is 4.79 Å². The van der Waals surface area contributed by atoms with Gasteiger partial charge in [0.15, 0.2) is 0 Å². The summed E-state index contributed by atoms with van der Waals surface area (Å²) in [5, 5.41) is 36.4. The fourth-order valence-corrected chi connectivity index (χ4v) is 10.7. The maximum absolute atomic E-state index is 14.7. The van der Waals surface area contributed by atoms with Crippen LogP contribution in [0.5, 0.6) is 17.2 Å². The zero-order valence-corrected chi connectivity index (χ0v) is 40.3. The van der Waals surface area contributed by atoms with Crippen LogP contribution < -0.4 is 9.47 Å². The van der Waals surface area contributed by atoms with Gasteiger partial charge in [-0.1, -0.05) is 125 Å². The number of fused-ring (bicyclic) bond motifs is 3. The van der Waals surface area contributed by atoms with E-state index in [1.807, 2.05) is 36.4 Å². The molecule has 12 heteroatoms. The van der Waals surface area contributed by atoms with Crippen molar-refractivity contribution in [3.63, 3.8) is 0 Å². The number of allylic oxidation sites excluding steroid dienone is 1. The summed E-state index contributed by atoms with van der Waals surface area (Å²) in [6.07, 6.45) is 20.1. The number of aliphatic hydroxyl groups excluding tert-OH is 3. The lowest BCUT2D eigenvalue weighted by Gasteiger charge is -2.59. The van der Waals surface area contributed by atoms with Crippen LogP contribution in [0.25, 0.3) is 10.8 Å². The molecule has 3 N–H and O–H groups in total. The number of unbranched alkanes of at least 4 members (excludes halogenated alkanes) is 11. The van der Waals surface area contributed by atoms with Gasteiger partial charge in [-0.2, -0.15) is 0 Å². The van der Waals surface area contributed by atoms with Crippen molar-refractivity contribution >= 4 is 22.6 Å². The van der Waals surface area contributed by atoms with E-state index in [1.54, 1.807) is 18.1 Å². The molecule has 0 radical (unpaired) electrons. The highest BCUT2D eigenvalue weighted by atomic mass is 16.7. The van der Waals surface area contributed by atoms with Crippen molar-refractivity contribution in [2.24, 2.45) is 22.9 Å². The Morgan fingerprint density at radius 2 is 1.52 bits per heavy atom. The van der Waals surface area contributed by atoms with Crippen LogP contribution in [0.15, 0.2) is 90.1 Å². The third-order valence-electron chi connectivity index (χ3n) is 13.8. The summed E-state index contributed by atoms with van der Waals surface area (Å²) < 4.78 is 33.1. The summed E-state index contributed by atoms with van der Waals surface area (Å²) in [5.41, 5.74) is 2.61. The first-order chi connectivity index (χ1) is 32.9. The minimum atomic E-state index is -1.44. The smallest absolute Gasteiger partial charge is 0.410 e. The van der Waals surface area contributed by atoms with E-state index in [-0.39, 0.29) is 77.0 Å². The minimum Gasteiger partial charge on any atom is -0.459 e. The quantitative estimate of drug-likeness (QED) is 0.0323. The van der Waals surface area contributed by atoms with Crippen LogP contribution in [0.2, 0.25) is 0 Å². The molecule has 0 spiro atoms. The Morgan fingerprint density at radius 1 is 0.821 bits per heavy atom. The average molecular weight is 927 g/mol. The standard InChI is InChI=1S/C55H78N2O10/c1-4-6-7-8-9-10-11-12-13-20-34-64-54(61)57(29-35-63-36-32-60)51-40-49(56-62-3)47-38-43(23-16-18-30-58)46(24-17-19-31-59)52-48-39-45(66-44-26-25-41-21-14-15-22-42(41)37-44)27-28-50(48)67-55(51,53(47)52)65-33-5-2/h5,14-15,21-22,25-28,37-39,43,46,51-53,58-60H,2,4,6-13,16-20,23-24,29-36,40H2,1,3H3/t43-,46+,51-,52+,53+,55+/m0/s1. The van der Waals surface area contributed by atoms with Gasteiger partial charge in [0.25, 0.3) is 0 Å². The van der Waals surface area contributed by atoms with Crippen LogP contribution in [-0.2, 0) is 19.0 Å². The Kier molecular flexibility index (Phi) is 21.3. The van der Waals surface area contributed by atoms with Crippen molar-refractivity contribution in [1.29, 1.82) is 0 Å². The van der Waals surface area contributed by atoms with E-state index in [1.165, 1.54) is 44.9 Å². The van der Waals surface area contributed by atoms with Crippen molar-refractivity contribution in [3.8, 4) is 17.2 Å². The molecule has 67 heavy (non-hydrogen) atoms. The number of hydrogen-bond donors (Lipinski definition) is 3. The van der Waals surface area contributed by atoms with Gasteiger partial charge in [-0.3, -0.25) is 4.90 Å². The lowest BCUT2D eigenvalue weighted by molar-refractivity contribution is -0.256. The first kappa shape index (κ1) is 51.9. The number of rotatable bonds is 31. The molecule has 0 unspecified atom stereocenters. The third kappa shape index (κ3) is 13.6. The Hall–Kier alpha value is -4.46. The number of amides is 1. The summed E-state index contributed by atoms with van der Waals surface area (Å²) in [7, 11) is 1.54. The maximum atomic E-state index is 14.7. The van der Waals surface area contributed by atoms with Crippen LogP contribution in [-0.4, -0.2) is 104 Å². The number of carbonyl (C=O) groups is 1. The molecule has 1 amide bonds. The van der Waals surface area contributed by atoms with Gasteiger partial charge < -0.3 is 43.8 Å². The molecule has 1 fully saturated rings. The Balaban J connectivity index is 1.40. The van der Waals surface area contributed by atoms with Gasteiger partial charge in [0.2, 0.25) is 5.79 Å². The molecule has 6 rings (SSSR count). The van der Waals surface area contributed by atoms with E-state index in [2.05, 4.69) is 43.8 Å². The zero-order chi connectivity index (χ0) is 47.3. The molecule has 0 bridgehead atoms. The van der Waals surface area contributed by atoms with Gasteiger partial charge in [-0.05, 0) is 90.6 Å². The van der Waals surface area contributed by atoms with Crippen LogP contribution in [0.3, 0.4) is 0 Å². The number of nitrogens with zero attached hydrogens (tertiary/aromatic N) is 2. The molecule has 1 heterocycles. The van der Waals surface area contributed by atoms with Crippen molar-refractivity contribution in [2.45, 2.75) is 134 Å².